The van der Waals surface area contributed by atoms with Gasteiger partial charge in [-0.3, -0.25) is 0 Å². The Labute approximate surface area is 130 Å². The van der Waals surface area contributed by atoms with Crippen LogP contribution in [0.3, 0.4) is 0 Å². The van der Waals surface area contributed by atoms with Crippen LogP contribution in [0.15, 0.2) is 52.1 Å². The van der Waals surface area contributed by atoms with E-state index in [0.717, 1.165) is 10.0 Å². The molecule has 0 heterocycles. The van der Waals surface area contributed by atoms with Crippen LogP contribution in [0.5, 0.6) is 0 Å². The number of oxime groups is 1. The maximum absolute atomic E-state index is 13.5. The Morgan fingerprint density at radius 1 is 1.24 bits per heavy atom. The molecule has 0 spiro atoms. The minimum atomic E-state index is -0.460. The summed E-state index contributed by atoms with van der Waals surface area (Å²) < 4.78 is 20.0. The molecule has 21 heavy (non-hydrogen) atoms. The van der Waals surface area contributed by atoms with E-state index in [2.05, 4.69) is 21.1 Å². The number of nitrogens with zero attached hydrogens (tertiary/aromatic N) is 1. The van der Waals surface area contributed by atoms with Gasteiger partial charge in [0.2, 0.25) is 0 Å². The second-order valence-corrected chi connectivity index (χ2v) is 5.27. The van der Waals surface area contributed by atoms with E-state index in [1.165, 1.54) is 12.1 Å². The van der Waals surface area contributed by atoms with Gasteiger partial charge in [0, 0.05) is 10.0 Å². The fourth-order valence-electron chi connectivity index (χ4n) is 1.83. The van der Waals surface area contributed by atoms with Crippen molar-refractivity contribution in [3.8, 4) is 0 Å². The fraction of sp³-hybridized carbons (Fsp3) is 0.133. The van der Waals surface area contributed by atoms with Gasteiger partial charge in [0.25, 0.3) is 0 Å². The molecule has 0 saturated carbocycles. The summed E-state index contributed by atoms with van der Waals surface area (Å²) in [6.07, 6.45) is 0. The Morgan fingerprint density at radius 2 is 2.00 bits per heavy atom. The van der Waals surface area contributed by atoms with Crippen LogP contribution in [0.4, 0.5) is 4.39 Å². The lowest BCUT2D eigenvalue weighted by Crippen LogP contribution is -2.13. The molecule has 0 fully saturated rings. The lowest BCUT2D eigenvalue weighted by Gasteiger charge is -2.08. The zero-order chi connectivity index (χ0) is 15.2. The van der Waals surface area contributed by atoms with Gasteiger partial charge in [-0.2, -0.15) is 0 Å². The van der Waals surface area contributed by atoms with Crippen molar-refractivity contribution >= 4 is 21.8 Å². The zero-order valence-corrected chi connectivity index (χ0v) is 12.7. The van der Waals surface area contributed by atoms with Crippen LogP contribution in [-0.2, 0) is 18.0 Å². The van der Waals surface area contributed by atoms with E-state index in [1.54, 1.807) is 6.07 Å². The Kier molecular flexibility index (Phi) is 5.30. The van der Waals surface area contributed by atoms with Crippen LogP contribution in [-0.4, -0.2) is 11.0 Å². The first-order chi connectivity index (χ1) is 10.1. The summed E-state index contributed by atoms with van der Waals surface area (Å²) in [7, 11) is 0. The average molecular weight is 353 g/mol. The predicted octanol–water partition coefficient (Wildman–Crippen LogP) is 3.40. The van der Waals surface area contributed by atoms with Gasteiger partial charge in [0.05, 0.1) is 13.2 Å². The first-order valence-electron chi connectivity index (χ1n) is 6.18. The van der Waals surface area contributed by atoms with Gasteiger partial charge in [-0.05, 0) is 35.4 Å². The third kappa shape index (κ3) is 4.27. The minimum absolute atomic E-state index is 0.137. The molecule has 0 aromatic heterocycles. The molecule has 0 aliphatic carbocycles. The molecular formula is C15H14BrFN2O2. The summed E-state index contributed by atoms with van der Waals surface area (Å²) in [6, 6.07) is 11.9. The van der Waals surface area contributed by atoms with Crippen molar-refractivity contribution in [1.82, 2.24) is 0 Å². The molecule has 0 bridgehead atoms. The lowest BCUT2D eigenvalue weighted by molar-refractivity contribution is 0.106. The summed E-state index contributed by atoms with van der Waals surface area (Å²) in [4.78, 5) is 0. The lowest BCUT2D eigenvalue weighted by atomic mass is 10.1. The summed E-state index contributed by atoms with van der Waals surface area (Å²) in [5.74, 6) is -0.597. The van der Waals surface area contributed by atoms with E-state index in [9.17, 15) is 4.39 Å². The smallest absolute Gasteiger partial charge is 0.170 e. The van der Waals surface area contributed by atoms with Crippen LogP contribution in [0, 0.1) is 5.82 Å². The number of rotatable bonds is 5. The maximum atomic E-state index is 13.5. The van der Waals surface area contributed by atoms with Crippen LogP contribution >= 0.6 is 15.9 Å². The highest BCUT2D eigenvalue weighted by atomic mass is 79.9. The van der Waals surface area contributed by atoms with Crippen LogP contribution < -0.4 is 5.73 Å². The number of halogens is 2. The third-order valence-electron chi connectivity index (χ3n) is 2.85. The van der Waals surface area contributed by atoms with Gasteiger partial charge in [-0.1, -0.05) is 39.3 Å². The van der Waals surface area contributed by atoms with Crippen LogP contribution in [0.1, 0.15) is 16.7 Å². The molecule has 2 aromatic carbocycles. The van der Waals surface area contributed by atoms with E-state index in [0.29, 0.717) is 17.7 Å². The van der Waals surface area contributed by atoms with Crippen LogP contribution in [0.2, 0.25) is 0 Å². The summed E-state index contributed by atoms with van der Waals surface area (Å²) in [6.45, 7) is 0.627. The quantitative estimate of drug-likeness (QED) is 0.375. The molecule has 0 amide bonds. The van der Waals surface area contributed by atoms with Gasteiger partial charge in [0.1, 0.15) is 5.82 Å². The minimum Gasteiger partial charge on any atom is -0.409 e. The molecule has 0 radical (unpaired) electrons. The van der Waals surface area contributed by atoms with Crippen molar-refractivity contribution in [2.75, 3.05) is 0 Å². The van der Waals surface area contributed by atoms with Gasteiger partial charge in [-0.25, -0.2) is 4.39 Å². The molecule has 4 nitrogen and oxygen atoms in total. The first-order valence-corrected chi connectivity index (χ1v) is 6.98. The highest BCUT2D eigenvalue weighted by Gasteiger charge is 2.06. The molecule has 2 rings (SSSR count). The van der Waals surface area contributed by atoms with Crippen molar-refractivity contribution in [2.45, 2.75) is 13.2 Å². The molecule has 0 saturated heterocycles. The normalized spacial score (nSPS) is 11.6. The number of hydrogen-bond donors (Lipinski definition) is 2. The summed E-state index contributed by atoms with van der Waals surface area (Å²) >= 11 is 3.43. The molecule has 0 aliphatic rings. The topological polar surface area (TPSA) is 67.8 Å². The van der Waals surface area contributed by atoms with E-state index in [4.69, 9.17) is 15.7 Å². The average Bonchev–Trinajstić information content (AvgIpc) is 2.48. The molecule has 0 aliphatic heterocycles. The standard InChI is InChI=1S/C15H14BrFN2O2/c16-14-4-2-1-3-11(14)9-21-8-10-5-12(15(18)19-20)7-13(17)6-10/h1-7,20H,8-9H2,(H2,18,19). The SMILES string of the molecule is N/C(=N/O)c1cc(F)cc(COCc2ccccc2Br)c1. The zero-order valence-electron chi connectivity index (χ0n) is 11.1. The molecule has 3 N–H and O–H groups in total. The molecule has 110 valence electrons. The predicted molar refractivity (Wildman–Crippen MR) is 81.5 cm³/mol. The molecular weight excluding hydrogens is 339 g/mol. The van der Waals surface area contributed by atoms with Crippen molar-refractivity contribution in [3.63, 3.8) is 0 Å². The monoisotopic (exact) mass is 352 g/mol. The number of hydrogen-bond acceptors (Lipinski definition) is 3. The molecule has 6 heteroatoms. The fourth-order valence-corrected chi connectivity index (χ4v) is 2.23. The Hall–Kier alpha value is -1.92. The van der Waals surface area contributed by atoms with Gasteiger partial charge in [0.15, 0.2) is 5.84 Å². The highest BCUT2D eigenvalue weighted by Crippen LogP contribution is 2.18. The van der Waals surface area contributed by atoms with Crippen molar-refractivity contribution in [2.24, 2.45) is 10.9 Å². The van der Waals surface area contributed by atoms with Gasteiger partial charge >= 0.3 is 0 Å². The number of ether oxygens (including phenoxy) is 1. The van der Waals surface area contributed by atoms with Gasteiger partial charge < -0.3 is 15.7 Å². The summed E-state index contributed by atoms with van der Waals surface area (Å²) in [5, 5.41) is 11.5. The molecule has 0 atom stereocenters. The summed E-state index contributed by atoms with van der Waals surface area (Å²) in [5.41, 5.74) is 7.39. The van der Waals surface area contributed by atoms with E-state index in [1.807, 2.05) is 24.3 Å². The van der Waals surface area contributed by atoms with Crippen molar-refractivity contribution < 1.29 is 14.3 Å². The Morgan fingerprint density at radius 3 is 2.71 bits per heavy atom. The third-order valence-corrected chi connectivity index (χ3v) is 3.62. The van der Waals surface area contributed by atoms with Crippen molar-refractivity contribution in [3.05, 3.63) is 69.4 Å². The Balaban J connectivity index is 2.04. The number of amidine groups is 1. The van der Waals surface area contributed by atoms with Crippen molar-refractivity contribution in [1.29, 1.82) is 0 Å². The largest absolute Gasteiger partial charge is 0.409 e. The second kappa shape index (κ2) is 7.19. The first kappa shape index (κ1) is 15.5. The van der Waals surface area contributed by atoms with Crippen LogP contribution in [0.25, 0.3) is 0 Å². The van der Waals surface area contributed by atoms with E-state index in [-0.39, 0.29) is 12.4 Å². The Bertz CT molecular complexity index is 662. The number of benzene rings is 2. The highest BCUT2D eigenvalue weighted by molar-refractivity contribution is 9.10. The molecule has 2 aromatic rings. The maximum Gasteiger partial charge on any atom is 0.170 e. The molecule has 0 unspecified atom stereocenters. The second-order valence-electron chi connectivity index (χ2n) is 4.42. The van der Waals surface area contributed by atoms with E-state index < -0.39 is 5.82 Å². The van der Waals surface area contributed by atoms with Gasteiger partial charge in [-0.15, -0.1) is 0 Å². The van der Waals surface area contributed by atoms with E-state index >= 15 is 0 Å². The number of nitrogens with two attached hydrogens (primary N) is 1.